The lowest BCUT2D eigenvalue weighted by atomic mass is 9.85. The van der Waals surface area contributed by atoms with E-state index in [-0.39, 0.29) is 6.79 Å². The van der Waals surface area contributed by atoms with Crippen LogP contribution in [-0.4, -0.2) is 17.9 Å². The summed E-state index contributed by atoms with van der Waals surface area (Å²) in [5.74, 6) is 0.489. The van der Waals surface area contributed by atoms with Crippen molar-refractivity contribution in [2.75, 3.05) is 6.79 Å². The van der Waals surface area contributed by atoms with Crippen molar-refractivity contribution in [2.24, 2.45) is 5.41 Å². The monoisotopic (exact) mass is 300 g/mol. The molecule has 5 heteroatoms. The number of hydrogen-bond acceptors (Lipinski definition) is 3. The highest BCUT2D eigenvalue weighted by molar-refractivity contribution is 9.10. The molecule has 0 fully saturated rings. The molecule has 0 amide bonds. The second kappa shape index (κ2) is 4.22. The minimum Gasteiger partial charge on any atom is -0.481 e. The second-order valence-corrected chi connectivity index (χ2v) is 5.58. The fourth-order valence-electron chi connectivity index (χ4n) is 1.73. The third-order valence-corrected chi connectivity index (χ3v) is 3.18. The lowest BCUT2D eigenvalue weighted by molar-refractivity contribution is -0.146. The molecule has 1 aromatic rings. The van der Waals surface area contributed by atoms with Gasteiger partial charge in [-0.05, 0) is 32.4 Å². The van der Waals surface area contributed by atoms with Crippen molar-refractivity contribution in [3.8, 4) is 11.5 Å². The third-order valence-electron chi connectivity index (χ3n) is 2.73. The number of aliphatic carboxylic acids is 1. The summed E-state index contributed by atoms with van der Waals surface area (Å²) in [7, 11) is 0. The highest BCUT2D eigenvalue weighted by atomic mass is 79.9. The quantitative estimate of drug-likeness (QED) is 0.932. The molecular weight excluding hydrogens is 288 g/mol. The van der Waals surface area contributed by atoms with Crippen LogP contribution in [0.4, 0.5) is 0 Å². The molecule has 1 aliphatic rings. The van der Waals surface area contributed by atoms with Gasteiger partial charge in [-0.1, -0.05) is 15.9 Å². The highest BCUT2D eigenvalue weighted by Crippen LogP contribution is 2.40. The van der Waals surface area contributed by atoms with E-state index in [1.54, 1.807) is 13.8 Å². The predicted molar refractivity (Wildman–Crippen MR) is 65.4 cm³/mol. The van der Waals surface area contributed by atoms with E-state index in [9.17, 15) is 4.79 Å². The first-order chi connectivity index (χ1) is 7.90. The summed E-state index contributed by atoms with van der Waals surface area (Å²) in [6.07, 6.45) is 0.396. The molecule has 0 atom stereocenters. The summed E-state index contributed by atoms with van der Waals surface area (Å²) < 4.78 is 11.5. The minimum absolute atomic E-state index is 0.187. The maximum Gasteiger partial charge on any atom is 0.309 e. The Kier molecular flexibility index (Phi) is 3.03. The van der Waals surface area contributed by atoms with Crippen molar-refractivity contribution < 1.29 is 19.4 Å². The number of ether oxygens (including phenoxy) is 2. The molecule has 0 bridgehead atoms. The molecular formula is C12H13BrO4. The summed E-state index contributed by atoms with van der Waals surface area (Å²) in [6, 6.07) is 3.69. The van der Waals surface area contributed by atoms with Crippen LogP contribution in [0, 0.1) is 5.41 Å². The Morgan fingerprint density at radius 1 is 1.47 bits per heavy atom. The van der Waals surface area contributed by atoms with Gasteiger partial charge in [-0.15, -0.1) is 0 Å². The van der Waals surface area contributed by atoms with Crippen LogP contribution in [0.1, 0.15) is 19.4 Å². The van der Waals surface area contributed by atoms with Crippen molar-refractivity contribution >= 4 is 21.9 Å². The van der Waals surface area contributed by atoms with Gasteiger partial charge in [0.05, 0.1) is 5.41 Å². The average molecular weight is 301 g/mol. The SMILES string of the molecule is CC(C)(Cc1cc(Br)cc2c1OCO2)C(=O)O. The first-order valence-electron chi connectivity index (χ1n) is 5.21. The topological polar surface area (TPSA) is 55.8 Å². The Labute approximate surface area is 108 Å². The van der Waals surface area contributed by atoms with Crippen molar-refractivity contribution in [1.82, 2.24) is 0 Å². The Bertz CT molecular complexity index is 468. The predicted octanol–water partition coefficient (Wildman–Crippen LogP) is 2.83. The number of hydrogen-bond donors (Lipinski definition) is 1. The number of fused-ring (bicyclic) bond motifs is 1. The largest absolute Gasteiger partial charge is 0.481 e. The van der Waals surface area contributed by atoms with Crippen LogP contribution in [0.2, 0.25) is 0 Å². The van der Waals surface area contributed by atoms with Crippen molar-refractivity contribution in [3.05, 3.63) is 22.2 Å². The average Bonchev–Trinajstić information content (AvgIpc) is 2.64. The number of carboxylic acids is 1. The van der Waals surface area contributed by atoms with Gasteiger partial charge >= 0.3 is 5.97 Å². The zero-order valence-electron chi connectivity index (χ0n) is 9.62. The Balaban J connectivity index is 2.37. The molecule has 0 radical (unpaired) electrons. The zero-order valence-corrected chi connectivity index (χ0v) is 11.2. The van der Waals surface area contributed by atoms with Crippen molar-refractivity contribution in [1.29, 1.82) is 0 Å². The number of halogens is 1. The molecule has 0 aliphatic carbocycles. The maximum atomic E-state index is 11.1. The number of rotatable bonds is 3. The maximum absolute atomic E-state index is 11.1. The van der Waals surface area contributed by atoms with Crippen LogP contribution in [0.3, 0.4) is 0 Å². The van der Waals surface area contributed by atoms with Crippen LogP contribution < -0.4 is 9.47 Å². The molecule has 1 heterocycles. The van der Waals surface area contributed by atoms with Crippen LogP contribution in [0.25, 0.3) is 0 Å². The molecule has 2 rings (SSSR count). The van der Waals surface area contributed by atoms with Gasteiger partial charge in [0.1, 0.15) is 0 Å². The normalized spacial score (nSPS) is 13.8. The molecule has 0 aromatic heterocycles. The molecule has 17 heavy (non-hydrogen) atoms. The lowest BCUT2D eigenvalue weighted by Crippen LogP contribution is -2.26. The number of carbonyl (C=O) groups is 1. The van der Waals surface area contributed by atoms with Gasteiger partial charge in [-0.3, -0.25) is 4.79 Å². The Morgan fingerprint density at radius 2 is 2.18 bits per heavy atom. The summed E-state index contributed by atoms with van der Waals surface area (Å²) >= 11 is 3.38. The van der Waals surface area contributed by atoms with Gasteiger partial charge in [0.25, 0.3) is 0 Å². The number of benzene rings is 1. The van der Waals surface area contributed by atoms with Gasteiger partial charge in [0.2, 0.25) is 6.79 Å². The van der Waals surface area contributed by atoms with E-state index in [4.69, 9.17) is 14.6 Å². The fourth-order valence-corrected chi connectivity index (χ4v) is 2.21. The van der Waals surface area contributed by atoms with E-state index in [2.05, 4.69) is 15.9 Å². The molecule has 0 saturated heterocycles. The molecule has 4 nitrogen and oxygen atoms in total. The first kappa shape index (κ1) is 12.2. The molecule has 0 unspecified atom stereocenters. The van der Waals surface area contributed by atoms with Crippen LogP contribution in [0.5, 0.6) is 11.5 Å². The van der Waals surface area contributed by atoms with Crippen molar-refractivity contribution in [3.63, 3.8) is 0 Å². The summed E-state index contributed by atoms with van der Waals surface area (Å²) in [5, 5.41) is 9.14. The zero-order chi connectivity index (χ0) is 12.6. The van der Waals surface area contributed by atoms with Crippen LogP contribution >= 0.6 is 15.9 Å². The molecule has 1 aromatic carbocycles. The van der Waals surface area contributed by atoms with Gasteiger partial charge in [0, 0.05) is 10.0 Å². The highest BCUT2D eigenvalue weighted by Gasteiger charge is 2.30. The first-order valence-corrected chi connectivity index (χ1v) is 6.01. The summed E-state index contributed by atoms with van der Waals surface area (Å²) in [6.45, 7) is 3.57. The Hall–Kier alpha value is -1.23. The standard InChI is InChI=1S/C12H13BrO4/c1-12(2,11(14)15)5-7-3-8(13)4-9-10(7)17-6-16-9/h3-4H,5-6H2,1-2H3,(H,14,15). The van der Waals surface area contributed by atoms with Crippen molar-refractivity contribution in [2.45, 2.75) is 20.3 Å². The third kappa shape index (κ3) is 2.39. The van der Waals surface area contributed by atoms with E-state index in [0.29, 0.717) is 17.9 Å². The van der Waals surface area contributed by atoms with Gasteiger partial charge in [-0.25, -0.2) is 0 Å². The van der Waals surface area contributed by atoms with Crippen LogP contribution in [-0.2, 0) is 11.2 Å². The molecule has 0 saturated carbocycles. The van der Waals surface area contributed by atoms with E-state index in [1.807, 2.05) is 12.1 Å². The second-order valence-electron chi connectivity index (χ2n) is 4.66. The molecule has 1 N–H and O–H groups in total. The fraction of sp³-hybridized carbons (Fsp3) is 0.417. The Morgan fingerprint density at radius 3 is 2.82 bits per heavy atom. The van der Waals surface area contributed by atoms with Gasteiger partial charge in [-0.2, -0.15) is 0 Å². The lowest BCUT2D eigenvalue weighted by Gasteiger charge is -2.20. The molecule has 1 aliphatic heterocycles. The number of carboxylic acid groups (broad SMARTS) is 1. The summed E-state index contributed by atoms with van der Waals surface area (Å²) in [5.41, 5.74) is 0.0137. The van der Waals surface area contributed by atoms with E-state index >= 15 is 0 Å². The minimum atomic E-state index is -0.833. The molecule has 0 spiro atoms. The van der Waals surface area contributed by atoms with Gasteiger partial charge < -0.3 is 14.6 Å². The van der Waals surface area contributed by atoms with E-state index in [1.165, 1.54) is 0 Å². The van der Waals surface area contributed by atoms with E-state index < -0.39 is 11.4 Å². The van der Waals surface area contributed by atoms with E-state index in [0.717, 1.165) is 10.0 Å². The smallest absolute Gasteiger partial charge is 0.309 e. The molecule has 92 valence electrons. The van der Waals surface area contributed by atoms with Gasteiger partial charge in [0.15, 0.2) is 11.5 Å². The summed E-state index contributed by atoms with van der Waals surface area (Å²) in [4.78, 5) is 11.1. The van der Waals surface area contributed by atoms with Crippen LogP contribution in [0.15, 0.2) is 16.6 Å².